The van der Waals surface area contributed by atoms with Crippen LogP contribution in [-0.4, -0.2) is 5.11 Å². The van der Waals surface area contributed by atoms with Gasteiger partial charge in [-0.25, -0.2) is 0 Å². The van der Waals surface area contributed by atoms with Gasteiger partial charge in [0, 0.05) is 5.02 Å². The molecular weight excluding hydrogens is 268 g/mol. The van der Waals surface area contributed by atoms with Crippen molar-refractivity contribution in [2.45, 2.75) is 38.7 Å². The van der Waals surface area contributed by atoms with Crippen LogP contribution in [0.2, 0.25) is 5.02 Å². The summed E-state index contributed by atoms with van der Waals surface area (Å²) in [7, 11) is 0. The van der Waals surface area contributed by atoms with Crippen LogP contribution in [0.5, 0.6) is 0 Å². The predicted octanol–water partition coefficient (Wildman–Crippen LogP) is 4.61. The lowest BCUT2D eigenvalue weighted by molar-refractivity contribution is 0.219. The van der Waals surface area contributed by atoms with E-state index in [0.29, 0.717) is 5.02 Å². The third-order valence-corrected chi connectivity index (χ3v) is 4.45. The highest BCUT2D eigenvalue weighted by atomic mass is 35.5. The molecule has 2 heteroatoms. The third-order valence-electron chi connectivity index (χ3n) is 4.21. The van der Waals surface area contributed by atoms with Gasteiger partial charge in [0.2, 0.25) is 0 Å². The number of fused-ring (bicyclic) bond motifs is 1. The van der Waals surface area contributed by atoms with E-state index in [1.807, 2.05) is 25.1 Å². The molecule has 0 bridgehead atoms. The molecule has 0 saturated carbocycles. The van der Waals surface area contributed by atoms with Gasteiger partial charge in [0.15, 0.2) is 0 Å². The largest absolute Gasteiger partial charge is 0.384 e. The van der Waals surface area contributed by atoms with Crippen molar-refractivity contribution >= 4 is 11.6 Å². The average Bonchev–Trinajstić information content (AvgIpc) is 2.46. The molecule has 1 atom stereocenters. The molecule has 0 heterocycles. The lowest BCUT2D eigenvalue weighted by Gasteiger charge is -2.20. The van der Waals surface area contributed by atoms with Crippen molar-refractivity contribution in [3.63, 3.8) is 0 Å². The van der Waals surface area contributed by atoms with Crippen molar-refractivity contribution in [3.8, 4) is 0 Å². The van der Waals surface area contributed by atoms with Crippen LogP contribution in [0.25, 0.3) is 0 Å². The number of aryl methyl sites for hydroxylation is 3. The second-order valence-corrected chi connectivity index (χ2v) is 6.08. The van der Waals surface area contributed by atoms with Crippen molar-refractivity contribution in [2.24, 2.45) is 0 Å². The Labute approximate surface area is 125 Å². The van der Waals surface area contributed by atoms with Crippen molar-refractivity contribution in [2.75, 3.05) is 0 Å². The molecule has 20 heavy (non-hydrogen) atoms. The summed E-state index contributed by atoms with van der Waals surface area (Å²) in [5.41, 5.74) is 5.79. The Kier molecular flexibility index (Phi) is 3.82. The minimum absolute atomic E-state index is 0.570. The number of hydrogen-bond acceptors (Lipinski definition) is 1. The predicted molar refractivity (Wildman–Crippen MR) is 83.3 cm³/mol. The molecule has 0 aliphatic heterocycles. The van der Waals surface area contributed by atoms with Gasteiger partial charge in [0.25, 0.3) is 0 Å². The number of rotatable bonds is 2. The molecule has 0 aromatic heterocycles. The van der Waals surface area contributed by atoms with Gasteiger partial charge in [-0.2, -0.15) is 0 Å². The Morgan fingerprint density at radius 1 is 1.00 bits per heavy atom. The molecule has 1 aliphatic carbocycles. The molecule has 1 unspecified atom stereocenters. The molecule has 0 saturated heterocycles. The summed E-state index contributed by atoms with van der Waals surface area (Å²) in [6.45, 7) is 1.99. The van der Waals surface area contributed by atoms with Crippen LogP contribution in [0.15, 0.2) is 36.4 Å². The fourth-order valence-corrected chi connectivity index (χ4v) is 3.28. The molecule has 0 amide bonds. The minimum Gasteiger partial charge on any atom is -0.384 e. The standard InChI is InChI=1S/C18H19ClO/c1-12-10-16(19)8-9-17(12)18(20)15-7-6-13-4-2-3-5-14(13)11-15/h6-11,18,20H,2-5H2,1H3. The van der Waals surface area contributed by atoms with Gasteiger partial charge < -0.3 is 5.11 Å². The van der Waals surface area contributed by atoms with Gasteiger partial charge in [0.05, 0.1) is 0 Å². The van der Waals surface area contributed by atoms with E-state index in [1.54, 1.807) is 0 Å². The topological polar surface area (TPSA) is 20.2 Å². The first-order valence-corrected chi connectivity index (χ1v) is 7.59. The van der Waals surface area contributed by atoms with Gasteiger partial charge in [0.1, 0.15) is 6.10 Å². The van der Waals surface area contributed by atoms with Crippen LogP contribution in [0.3, 0.4) is 0 Å². The van der Waals surface area contributed by atoms with E-state index in [-0.39, 0.29) is 0 Å². The molecule has 1 nitrogen and oxygen atoms in total. The Hall–Kier alpha value is -1.31. The molecule has 1 aliphatic rings. The van der Waals surface area contributed by atoms with Gasteiger partial charge >= 0.3 is 0 Å². The summed E-state index contributed by atoms with van der Waals surface area (Å²) in [6.07, 6.45) is 4.28. The first kappa shape index (κ1) is 13.7. The molecular formula is C18H19ClO. The van der Waals surface area contributed by atoms with Crippen LogP contribution >= 0.6 is 11.6 Å². The fourth-order valence-electron chi connectivity index (χ4n) is 3.05. The van der Waals surface area contributed by atoms with E-state index >= 15 is 0 Å². The summed E-state index contributed by atoms with van der Waals surface area (Å²) in [4.78, 5) is 0. The molecule has 104 valence electrons. The SMILES string of the molecule is Cc1cc(Cl)ccc1C(O)c1ccc2c(c1)CCCC2. The summed E-state index contributed by atoms with van der Waals surface area (Å²) in [6, 6.07) is 12.1. The van der Waals surface area contributed by atoms with Crippen LogP contribution in [-0.2, 0) is 12.8 Å². The lowest BCUT2D eigenvalue weighted by Crippen LogP contribution is -2.07. The number of aliphatic hydroxyl groups is 1. The minimum atomic E-state index is -0.570. The number of benzene rings is 2. The normalized spacial score (nSPS) is 15.8. The number of hydrogen-bond donors (Lipinski definition) is 1. The van der Waals surface area contributed by atoms with Gasteiger partial charge in [-0.15, -0.1) is 0 Å². The lowest BCUT2D eigenvalue weighted by atomic mass is 9.88. The van der Waals surface area contributed by atoms with Crippen molar-refractivity contribution in [3.05, 3.63) is 69.2 Å². The van der Waals surface area contributed by atoms with Crippen LogP contribution in [0, 0.1) is 6.92 Å². The van der Waals surface area contributed by atoms with Crippen LogP contribution in [0.1, 0.15) is 46.8 Å². The Balaban J connectivity index is 1.95. The van der Waals surface area contributed by atoms with Crippen molar-refractivity contribution in [1.29, 1.82) is 0 Å². The van der Waals surface area contributed by atoms with Gasteiger partial charge in [-0.05, 0) is 72.6 Å². The Bertz CT molecular complexity index is 633. The van der Waals surface area contributed by atoms with Crippen molar-refractivity contribution in [1.82, 2.24) is 0 Å². The zero-order valence-corrected chi connectivity index (χ0v) is 12.5. The molecule has 2 aromatic rings. The highest BCUT2D eigenvalue weighted by Gasteiger charge is 2.16. The quantitative estimate of drug-likeness (QED) is 0.855. The number of aliphatic hydroxyl groups excluding tert-OH is 1. The van der Waals surface area contributed by atoms with Crippen molar-refractivity contribution < 1.29 is 5.11 Å². The fraction of sp³-hybridized carbons (Fsp3) is 0.333. The summed E-state index contributed by atoms with van der Waals surface area (Å²) in [5.74, 6) is 0. The van der Waals surface area contributed by atoms with Crippen LogP contribution in [0.4, 0.5) is 0 Å². The monoisotopic (exact) mass is 286 g/mol. The highest BCUT2D eigenvalue weighted by Crippen LogP contribution is 2.30. The first-order valence-electron chi connectivity index (χ1n) is 7.21. The average molecular weight is 287 g/mol. The van der Waals surface area contributed by atoms with E-state index in [0.717, 1.165) is 23.1 Å². The van der Waals surface area contributed by atoms with Crippen LogP contribution < -0.4 is 0 Å². The maximum Gasteiger partial charge on any atom is 0.104 e. The maximum absolute atomic E-state index is 10.6. The summed E-state index contributed by atoms with van der Waals surface area (Å²) < 4.78 is 0. The Morgan fingerprint density at radius 2 is 1.75 bits per heavy atom. The van der Waals surface area contributed by atoms with Gasteiger partial charge in [-0.3, -0.25) is 0 Å². The molecule has 1 N–H and O–H groups in total. The van der Waals surface area contributed by atoms with E-state index < -0.39 is 6.10 Å². The third kappa shape index (κ3) is 2.61. The summed E-state index contributed by atoms with van der Waals surface area (Å²) >= 11 is 5.98. The smallest absolute Gasteiger partial charge is 0.104 e. The van der Waals surface area contributed by atoms with Gasteiger partial charge in [-0.1, -0.05) is 35.9 Å². The molecule has 0 fully saturated rings. The van der Waals surface area contributed by atoms with E-state index in [1.165, 1.54) is 30.4 Å². The van der Waals surface area contributed by atoms with E-state index in [2.05, 4.69) is 18.2 Å². The second-order valence-electron chi connectivity index (χ2n) is 5.64. The van der Waals surface area contributed by atoms with E-state index in [9.17, 15) is 5.11 Å². The molecule has 3 rings (SSSR count). The second kappa shape index (κ2) is 5.59. The maximum atomic E-state index is 10.6. The molecule has 0 spiro atoms. The molecule has 0 radical (unpaired) electrons. The summed E-state index contributed by atoms with van der Waals surface area (Å²) in [5, 5.41) is 11.3. The first-order chi connectivity index (χ1) is 9.65. The highest BCUT2D eigenvalue weighted by molar-refractivity contribution is 6.30. The van der Waals surface area contributed by atoms with E-state index in [4.69, 9.17) is 11.6 Å². The molecule has 2 aromatic carbocycles. The zero-order chi connectivity index (χ0) is 14.1. The Morgan fingerprint density at radius 3 is 2.50 bits per heavy atom. The number of halogens is 1. The zero-order valence-electron chi connectivity index (χ0n) is 11.7.